The Hall–Kier alpha value is -2.94. The van der Waals surface area contributed by atoms with E-state index in [1.807, 2.05) is 0 Å². The second-order valence-electron chi connectivity index (χ2n) is 5.55. The maximum absolute atomic E-state index is 12.3. The number of aromatic nitrogens is 2. The Balaban J connectivity index is 2.00. The van der Waals surface area contributed by atoms with Crippen molar-refractivity contribution in [2.75, 3.05) is 17.7 Å². The first-order chi connectivity index (χ1) is 12.8. The van der Waals surface area contributed by atoms with Gasteiger partial charge in [-0.3, -0.25) is 9.59 Å². The zero-order valence-electron chi connectivity index (χ0n) is 15.2. The van der Waals surface area contributed by atoms with Crippen LogP contribution in [0.4, 0.5) is 11.5 Å². The van der Waals surface area contributed by atoms with E-state index in [0.29, 0.717) is 11.3 Å². The highest BCUT2D eigenvalue weighted by molar-refractivity contribution is 8.00. The highest BCUT2D eigenvalue weighted by Crippen LogP contribution is 2.23. The number of hydrogen-bond acceptors (Lipinski definition) is 8. The zero-order chi connectivity index (χ0) is 20.0. The van der Waals surface area contributed by atoms with Gasteiger partial charge in [0.2, 0.25) is 5.91 Å². The van der Waals surface area contributed by atoms with Crippen LogP contribution in [0.15, 0.2) is 35.6 Å². The molecular weight excluding hydrogens is 368 g/mol. The van der Waals surface area contributed by atoms with Gasteiger partial charge in [0.1, 0.15) is 11.4 Å². The number of nitrogens with zero attached hydrogens (tertiary/aromatic N) is 2. The standard InChI is InChI=1S/C18H20N4O4S/c1-4-26-17(25)14-9-20-18(22-15(14)19)27-11(3)16(24)21-13-7-5-12(6-8-13)10(2)23/h5-9,11H,4H2,1-3H3,(H,21,24)(H2,19,20,22)/t11-/m1/s1. The summed E-state index contributed by atoms with van der Waals surface area (Å²) < 4.78 is 4.87. The van der Waals surface area contributed by atoms with Crippen LogP contribution >= 0.6 is 11.8 Å². The fourth-order valence-electron chi connectivity index (χ4n) is 2.04. The van der Waals surface area contributed by atoms with Crippen LogP contribution in [0.5, 0.6) is 0 Å². The lowest BCUT2D eigenvalue weighted by Gasteiger charge is -2.12. The summed E-state index contributed by atoms with van der Waals surface area (Å²) in [4.78, 5) is 43.4. The number of carbonyl (C=O) groups is 3. The number of nitrogen functional groups attached to an aromatic ring is 1. The average Bonchev–Trinajstić information content (AvgIpc) is 2.62. The van der Waals surface area contributed by atoms with Crippen molar-refractivity contribution in [2.24, 2.45) is 0 Å². The summed E-state index contributed by atoms with van der Waals surface area (Å²) in [6.45, 7) is 5.08. The van der Waals surface area contributed by atoms with Gasteiger partial charge in [-0.2, -0.15) is 0 Å². The van der Waals surface area contributed by atoms with E-state index < -0.39 is 11.2 Å². The molecule has 9 heteroatoms. The topological polar surface area (TPSA) is 124 Å². The van der Waals surface area contributed by atoms with Crippen molar-refractivity contribution in [3.8, 4) is 0 Å². The summed E-state index contributed by atoms with van der Waals surface area (Å²) in [7, 11) is 0. The van der Waals surface area contributed by atoms with Gasteiger partial charge in [-0.1, -0.05) is 11.8 Å². The van der Waals surface area contributed by atoms with Crippen LogP contribution in [0, 0.1) is 0 Å². The zero-order valence-corrected chi connectivity index (χ0v) is 16.0. The summed E-state index contributed by atoms with van der Waals surface area (Å²) in [6.07, 6.45) is 1.29. The Kier molecular flexibility index (Phi) is 6.89. The minimum atomic E-state index is -0.591. The molecule has 1 heterocycles. The number of amides is 1. The van der Waals surface area contributed by atoms with Crippen LogP contribution in [0.2, 0.25) is 0 Å². The van der Waals surface area contributed by atoms with Crippen LogP contribution in [-0.2, 0) is 9.53 Å². The molecule has 0 bridgehead atoms. The van der Waals surface area contributed by atoms with Crippen molar-refractivity contribution in [3.63, 3.8) is 0 Å². The molecular formula is C18H20N4O4S. The van der Waals surface area contributed by atoms with Crippen LogP contribution in [0.1, 0.15) is 41.5 Å². The van der Waals surface area contributed by atoms with E-state index in [2.05, 4.69) is 15.3 Å². The normalized spacial score (nSPS) is 11.5. The number of thioether (sulfide) groups is 1. The molecule has 0 aliphatic heterocycles. The number of ether oxygens (including phenoxy) is 1. The van der Waals surface area contributed by atoms with E-state index >= 15 is 0 Å². The van der Waals surface area contributed by atoms with Gasteiger partial charge in [-0.05, 0) is 45.0 Å². The highest BCUT2D eigenvalue weighted by atomic mass is 32.2. The molecule has 8 nitrogen and oxygen atoms in total. The molecule has 142 valence electrons. The maximum atomic E-state index is 12.3. The first-order valence-corrected chi connectivity index (χ1v) is 9.08. The van der Waals surface area contributed by atoms with E-state index in [0.717, 1.165) is 11.8 Å². The van der Waals surface area contributed by atoms with Gasteiger partial charge >= 0.3 is 5.97 Å². The predicted octanol–water partition coefficient (Wildman–Crippen LogP) is 2.56. The number of benzene rings is 1. The van der Waals surface area contributed by atoms with Gasteiger partial charge in [0, 0.05) is 17.4 Å². The number of Topliss-reactive ketones (excluding diaryl/α,β-unsaturated/α-hetero) is 1. The molecule has 0 aliphatic carbocycles. The Morgan fingerprint density at radius 1 is 1.26 bits per heavy atom. The molecule has 1 aromatic carbocycles. The summed E-state index contributed by atoms with van der Waals surface area (Å²) in [5.74, 6) is -0.894. The minimum absolute atomic E-state index is 0.00150. The molecule has 0 aliphatic rings. The second-order valence-corrected chi connectivity index (χ2v) is 6.86. The number of ketones is 1. The third kappa shape index (κ3) is 5.52. The van der Waals surface area contributed by atoms with Crippen LogP contribution in [0.3, 0.4) is 0 Å². The molecule has 1 amide bonds. The number of nitrogens with two attached hydrogens (primary N) is 1. The largest absolute Gasteiger partial charge is 0.462 e. The molecule has 0 radical (unpaired) electrons. The van der Waals surface area contributed by atoms with Crippen molar-refractivity contribution >= 4 is 40.9 Å². The molecule has 2 rings (SSSR count). The molecule has 27 heavy (non-hydrogen) atoms. The lowest BCUT2D eigenvalue weighted by molar-refractivity contribution is -0.115. The van der Waals surface area contributed by atoms with Gasteiger partial charge in [-0.25, -0.2) is 14.8 Å². The monoisotopic (exact) mass is 388 g/mol. The van der Waals surface area contributed by atoms with E-state index in [4.69, 9.17) is 10.5 Å². The van der Waals surface area contributed by atoms with E-state index in [9.17, 15) is 14.4 Å². The van der Waals surface area contributed by atoms with E-state index in [1.165, 1.54) is 13.1 Å². The van der Waals surface area contributed by atoms with Gasteiger partial charge in [0.25, 0.3) is 0 Å². The van der Waals surface area contributed by atoms with Crippen molar-refractivity contribution in [3.05, 3.63) is 41.6 Å². The van der Waals surface area contributed by atoms with Gasteiger partial charge in [-0.15, -0.1) is 0 Å². The molecule has 0 saturated heterocycles. The number of rotatable bonds is 7. The predicted molar refractivity (Wildman–Crippen MR) is 103 cm³/mol. The molecule has 1 atom stereocenters. The van der Waals surface area contributed by atoms with Gasteiger partial charge in [0.05, 0.1) is 11.9 Å². The smallest absolute Gasteiger partial charge is 0.343 e. The fraction of sp³-hybridized carbons (Fsp3) is 0.278. The van der Waals surface area contributed by atoms with Crippen LogP contribution in [-0.4, -0.2) is 39.5 Å². The van der Waals surface area contributed by atoms with Crippen molar-refractivity contribution in [2.45, 2.75) is 31.2 Å². The van der Waals surface area contributed by atoms with Crippen LogP contribution < -0.4 is 11.1 Å². The number of hydrogen-bond donors (Lipinski definition) is 2. The average molecular weight is 388 g/mol. The SMILES string of the molecule is CCOC(=O)c1cnc(S[C@H](C)C(=O)Nc2ccc(C(C)=O)cc2)nc1N. The summed E-state index contributed by atoms with van der Waals surface area (Å²) in [5.41, 5.74) is 7.01. The van der Waals surface area contributed by atoms with Gasteiger partial charge < -0.3 is 15.8 Å². The molecule has 1 aromatic heterocycles. The number of nitrogens with one attached hydrogen (secondary N) is 1. The molecule has 0 saturated carbocycles. The number of carbonyl (C=O) groups excluding carboxylic acids is 3. The van der Waals surface area contributed by atoms with Gasteiger partial charge in [0.15, 0.2) is 10.9 Å². The Labute approximate surface area is 160 Å². The maximum Gasteiger partial charge on any atom is 0.343 e. The molecule has 0 unspecified atom stereocenters. The number of esters is 1. The molecule has 3 N–H and O–H groups in total. The fourth-order valence-corrected chi connectivity index (χ4v) is 2.79. The lowest BCUT2D eigenvalue weighted by Crippen LogP contribution is -2.22. The van der Waals surface area contributed by atoms with Crippen molar-refractivity contribution in [1.29, 1.82) is 0 Å². The summed E-state index contributed by atoms with van der Waals surface area (Å²) >= 11 is 1.11. The third-order valence-electron chi connectivity index (χ3n) is 3.50. The number of anilines is 2. The molecule has 0 spiro atoms. The minimum Gasteiger partial charge on any atom is -0.462 e. The molecule has 0 fully saturated rings. The lowest BCUT2D eigenvalue weighted by atomic mass is 10.1. The quantitative estimate of drug-likeness (QED) is 0.321. The Morgan fingerprint density at radius 3 is 2.48 bits per heavy atom. The Bertz CT molecular complexity index is 855. The van der Waals surface area contributed by atoms with Crippen molar-refractivity contribution < 1.29 is 19.1 Å². The first kappa shape index (κ1) is 20.4. The van der Waals surface area contributed by atoms with E-state index in [1.54, 1.807) is 38.1 Å². The second kappa shape index (κ2) is 9.13. The van der Waals surface area contributed by atoms with E-state index in [-0.39, 0.29) is 34.8 Å². The van der Waals surface area contributed by atoms with Crippen molar-refractivity contribution in [1.82, 2.24) is 9.97 Å². The first-order valence-electron chi connectivity index (χ1n) is 8.20. The summed E-state index contributed by atoms with van der Waals surface area (Å²) in [5, 5.41) is 2.52. The highest BCUT2D eigenvalue weighted by Gasteiger charge is 2.19. The summed E-state index contributed by atoms with van der Waals surface area (Å²) in [6, 6.07) is 6.62. The van der Waals surface area contributed by atoms with Crippen LogP contribution in [0.25, 0.3) is 0 Å². The molecule has 2 aromatic rings. The third-order valence-corrected chi connectivity index (χ3v) is 4.48. The Morgan fingerprint density at radius 2 is 1.93 bits per heavy atom.